The van der Waals surface area contributed by atoms with Gasteiger partial charge in [0.25, 0.3) is 0 Å². The van der Waals surface area contributed by atoms with Gasteiger partial charge in [0.15, 0.2) is 23.1 Å². The number of nitrogens with one attached hydrogen (secondary N) is 1. The van der Waals surface area contributed by atoms with E-state index in [4.69, 9.17) is 9.47 Å². The molecule has 0 saturated carbocycles. The largest absolute Gasteiger partial charge is 0.471 e. The Morgan fingerprint density at radius 2 is 1.52 bits per heavy atom. The van der Waals surface area contributed by atoms with Gasteiger partial charge in [-0.1, -0.05) is 54.6 Å². The van der Waals surface area contributed by atoms with E-state index >= 15 is 0 Å². The first-order valence-electron chi connectivity index (χ1n) is 14.8. The number of carbonyl (C=O) groups excluding carboxylic acids is 6. The average molecular weight is 636 g/mol. The van der Waals surface area contributed by atoms with Gasteiger partial charge in [0, 0.05) is 23.0 Å². The summed E-state index contributed by atoms with van der Waals surface area (Å²) in [5, 5.41) is 1.94. The van der Waals surface area contributed by atoms with Crippen LogP contribution in [0.2, 0.25) is 0 Å². The fourth-order valence-electron chi connectivity index (χ4n) is 7.01. The zero-order valence-electron chi connectivity index (χ0n) is 24.4. The summed E-state index contributed by atoms with van der Waals surface area (Å²) < 4.78 is 51.5. The highest BCUT2D eigenvalue weighted by molar-refractivity contribution is 6.45. The number of halogens is 3. The van der Waals surface area contributed by atoms with Crippen molar-refractivity contribution in [3.8, 4) is 0 Å². The molecule has 1 fully saturated rings. The van der Waals surface area contributed by atoms with Crippen molar-refractivity contribution in [2.75, 3.05) is 0 Å². The summed E-state index contributed by atoms with van der Waals surface area (Å²) in [5.74, 6) is -8.22. The summed E-state index contributed by atoms with van der Waals surface area (Å²) in [6.45, 7) is 1.50. The maximum absolute atomic E-state index is 14.0. The molecule has 1 N–H and O–H groups in total. The lowest BCUT2D eigenvalue weighted by Gasteiger charge is -2.43. The molecule has 6 rings (SSSR count). The number of amides is 1. The number of esters is 1. The lowest BCUT2D eigenvalue weighted by Crippen LogP contribution is -2.58. The van der Waals surface area contributed by atoms with Crippen LogP contribution in [-0.4, -0.2) is 65.5 Å². The molecule has 7 atom stereocenters. The number of benzene rings is 2. The van der Waals surface area contributed by atoms with Crippen LogP contribution in [0.25, 0.3) is 0 Å². The van der Waals surface area contributed by atoms with E-state index in [2.05, 4.69) is 0 Å². The van der Waals surface area contributed by atoms with Crippen LogP contribution < -0.4 is 5.32 Å². The highest BCUT2D eigenvalue weighted by atomic mass is 19.4. The summed E-state index contributed by atoms with van der Waals surface area (Å²) in [6, 6.07) is 12.5. The lowest BCUT2D eigenvalue weighted by atomic mass is 9.61. The van der Waals surface area contributed by atoms with Crippen molar-refractivity contribution in [3.63, 3.8) is 0 Å². The van der Waals surface area contributed by atoms with Crippen molar-refractivity contribution in [1.29, 1.82) is 0 Å². The van der Waals surface area contributed by atoms with Crippen LogP contribution in [0.5, 0.6) is 0 Å². The Bertz CT molecular complexity index is 1710. The molecule has 2 aromatic carbocycles. The van der Waals surface area contributed by atoms with E-state index < -0.39 is 94.4 Å². The second kappa shape index (κ2) is 11.9. The van der Waals surface area contributed by atoms with Gasteiger partial charge in [0.2, 0.25) is 0 Å². The molecule has 1 amide bonds. The van der Waals surface area contributed by atoms with Crippen LogP contribution in [0.1, 0.15) is 57.3 Å². The minimum atomic E-state index is -5.20. The number of alkyl halides is 3. The summed E-state index contributed by atoms with van der Waals surface area (Å²) in [6.07, 6.45) is -4.88. The molecular formula is C34H28F3NO8. The molecule has 3 unspecified atom stereocenters. The number of hydrogen-bond acceptors (Lipinski definition) is 8. The predicted molar refractivity (Wildman–Crippen MR) is 154 cm³/mol. The molecule has 1 aliphatic heterocycles. The highest BCUT2D eigenvalue weighted by Crippen LogP contribution is 2.45. The van der Waals surface area contributed by atoms with Crippen LogP contribution in [0.4, 0.5) is 13.2 Å². The SMILES string of the molecule is C[C@@H]1O[C@@H](CC2C=CCC3C(=O)C4=C(C(=O)c5ccccc5C4=O)C(=O)C23)C[C@H](NC(=O)C(F)(F)F)[C@@H]1OC(=O)c1ccccc1. The van der Waals surface area contributed by atoms with E-state index in [1.54, 1.807) is 42.5 Å². The summed E-state index contributed by atoms with van der Waals surface area (Å²) in [5.41, 5.74) is -0.574. The third-order valence-corrected chi connectivity index (χ3v) is 9.07. The van der Waals surface area contributed by atoms with Gasteiger partial charge in [-0.3, -0.25) is 24.0 Å². The first kappa shape index (κ1) is 31.3. The number of ketones is 4. The number of allylic oxidation sites excluding steroid dienone is 4. The number of ether oxygens (including phenoxy) is 2. The van der Waals surface area contributed by atoms with Crippen LogP contribution in [-0.2, 0) is 23.9 Å². The van der Waals surface area contributed by atoms with Crippen molar-refractivity contribution < 1.29 is 51.4 Å². The summed E-state index contributed by atoms with van der Waals surface area (Å²) in [7, 11) is 0. The van der Waals surface area contributed by atoms with Gasteiger partial charge in [0.1, 0.15) is 6.10 Å². The van der Waals surface area contributed by atoms with Crippen LogP contribution >= 0.6 is 0 Å². The fourth-order valence-corrected chi connectivity index (χ4v) is 7.01. The third kappa shape index (κ3) is 5.51. The van der Waals surface area contributed by atoms with E-state index in [0.29, 0.717) is 0 Å². The zero-order chi connectivity index (χ0) is 32.9. The maximum Gasteiger partial charge on any atom is 0.471 e. The van der Waals surface area contributed by atoms with Gasteiger partial charge >= 0.3 is 18.1 Å². The summed E-state index contributed by atoms with van der Waals surface area (Å²) >= 11 is 0. The number of Topliss-reactive ketones (excluding diaryl/α,β-unsaturated/α-hetero) is 4. The molecule has 238 valence electrons. The quantitative estimate of drug-likeness (QED) is 0.294. The smallest absolute Gasteiger partial charge is 0.454 e. The Labute approximate surface area is 260 Å². The van der Waals surface area contributed by atoms with E-state index in [-0.39, 0.29) is 36.0 Å². The number of hydrogen-bond donors (Lipinski definition) is 1. The van der Waals surface area contributed by atoms with E-state index in [0.717, 1.165) is 0 Å². The van der Waals surface area contributed by atoms with Crippen LogP contribution in [0.15, 0.2) is 77.9 Å². The highest BCUT2D eigenvalue weighted by Gasteiger charge is 2.53. The molecule has 9 nitrogen and oxygen atoms in total. The maximum atomic E-state index is 14.0. The molecule has 12 heteroatoms. The second-order valence-corrected chi connectivity index (χ2v) is 11.9. The van der Waals surface area contributed by atoms with E-state index in [9.17, 15) is 41.9 Å². The Hall–Kier alpha value is -4.71. The monoisotopic (exact) mass is 635 g/mol. The second-order valence-electron chi connectivity index (χ2n) is 11.9. The normalized spacial score (nSPS) is 29.1. The molecule has 3 aliphatic carbocycles. The minimum Gasteiger partial charge on any atom is -0.454 e. The molecule has 1 heterocycles. The van der Waals surface area contributed by atoms with Crippen LogP contribution in [0, 0.1) is 17.8 Å². The standard InChI is InChI=1S/C34H28F3NO8/c1-16-31(46-32(43)17-8-3-2-4-9-17)23(38-33(44)34(35,36)37)15-19(45-16)14-18-10-7-13-22-24(18)30(42)26-25(29(22)41)27(39)20-11-5-6-12-21(20)28(26)40/h2-12,16,18-19,22-24,31H,13-15H2,1H3,(H,38,44)/t16-,18?,19-,22?,23-,24?,31+/m0/s1. The molecule has 46 heavy (non-hydrogen) atoms. The van der Waals surface area contributed by atoms with Crippen LogP contribution in [0.3, 0.4) is 0 Å². The topological polar surface area (TPSA) is 133 Å². The van der Waals surface area contributed by atoms with Crippen molar-refractivity contribution in [3.05, 3.63) is 94.6 Å². The van der Waals surface area contributed by atoms with Crippen molar-refractivity contribution in [2.45, 2.75) is 56.7 Å². The van der Waals surface area contributed by atoms with Crippen molar-refractivity contribution >= 4 is 35.0 Å². The Balaban J connectivity index is 1.25. The Kier molecular flexibility index (Phi) is 8.09. The van der Waals surface area contributed by atoms with E-state index in [1.165, 1.54) is 31.2 Å². The first-order valence-corrected chi connectivity index (χ1v) is 14.8. The van der Waals surface area contributed by atoms with E-state index in [1.807, 2.05) is 5.32 Å². The van der Waals surface area contributed by atoms with Gasteiger partial charge in [-0.25, -0.2) is 4.79 Å². The molecular weight excluding hydrogens is 607 g/mol. The Morgan fingerprint density at radius 3 is 2.15 bits per heavy atom. The van der Waals surface area contributed by atoms with Gasteiger partial charge < -0.3 is 14.8 Å². The predicted octanol–water partition coefficient (Wildman–Crippen LogP) is 4.16. The third-order valence-electron chi connectivity index (χ3n) is 9.07. The summed E-state index contributed by atoms with van der Waals surface area (Å²) in [4.78, 5) is 79.1. The molecule has 0 bridgehead atoms. The molecule has 4 aliphatic rings. The molecule has 0 aromatic heterocycles. The zero-order valence-corrected chi connectivity index (χ0v) is 24.4. The fraction of sp³-hybridized carbons (Fsp3) is 0.353. The lowest BCUT2D eigenvalue weighted by molar-refractivity contribution is -0.180. The van der Waals surface area contributed by atoms with Crippen molar-refractivity contribution in [1.82, 2.24) is 5.32 Å². The molecule has 0 radical (unpaired) electrons. The van der Waals surface area contributed by atoms with Gasteiger partial charge in [-0.2, -0.15) is 13.2 Å². The van der Waals surface area contributed by atoms with Crippen molar-refractivity contribution in [2.24, 2.45) is 17.8 Å². The van der Waals surface area contributed by atoms with Gasteiger partial charge in [0.05, 0.1) is 35.0 Å². The molecule has 1 saturated heterocycles. The average Bonchev–Trinajstić information content (AvgIpc) is 3.03. The van der Waals surface area contributed by atoms with Gasteiger partial charge in [-0.05, 0) is 44.2 Å². The van der Waals surface area contributed by atoms with Gasteiger partial charge in [-0.15, -0.1) is 0 Å². The number of carbonyl (C=O) groups is 6. The molecule has 2 aromatic rings. The Morgan fingerprint density at radius 1 is 0.913 bits per heavy atom. The number of fused-ring (bicyclic) bond motifs is 2. The molecule has 0 spiro atoms. The first-order chi connectivity index (χ1) is 21.9. The number of rotatable bonds is 5. The minimum absolute atomic E-state index is 0.0394.